The van der Waals surface area contributed by atoms with E-state index in [1.54, 1.807) is 0 Å². The van der Waals surface area contributed by atoms with Crippen LogP contribution in [0.25, 0.3) is 11.2 Å². The number of H-pyrrole nitrogens is 1. The summed E-state index contributed by atoms with van der Waals surface area (Å²) in [4.78, 5) is 3.37. The van der Waals surface area contributed by atoms with Crippen molar-refractivity contribution in [1.29, 1.82) is 0 Å². The zero-order chi connectivity index (χ0) is 12.9. The Kier molecular flexibility index (Phi) is 2.62. The maximum Gasteiger partial charge on any atom is 0.179 e. The Morgan fingerprint density at radius 1 is 1.44 bits per heavy atom. The van der Waals surface area contributed by atoms with Crippen LogP contribution in [0.4, 0.5) is 0 Å². The molecule has 1 N–H and O–H groups in total. The average molecular weight is 264 g/mol. The third-order valence-corrected chi connectivity index (χ3v) is 4.48. The third-order valence-electron chi connectivity index (χ3n) is 4.19. The van der Waals surface area contributed by atoms with Gasteiger partial charge in [-0.3, -0.25) is 9.25 Å². The fourth-order valence-electron chi connectivity index (χ4n) is 3.04. The highest BCUT2D eigenvalue weighted by molar-refractivity contribution is 7.71. The summed E-state index contributed by atoms with van der Waals surface area (Å²) < 4.78 is 5.11. The first-order valence-corrected chi connectivity index (χ1v) is 7.15. The minimum Gasteiger partial charge on any atom is -0.328 e. The largest absolute Gasteiger partial charge is 0.328 e. The molecular weight excluding hydrogens is 244 g/mol. The molecule has 2 aromatic heterocycles. The summed E-state index contributed by atoms with van der Waals surface area (Å²) in [6.07, 6.45) is 5.83. The number of hydrogen-bond donors (Lipinski definition) is 1. The van der Waals surface area contributed by atoms with Gasteiger partial charge in [0.1, 0.15) is 5.52 Å². The molecule has 0 spiro atoms. The second kappa shape index (κ2) is 3.95. The van der Waals surface area contributed by atoms with Crippen LogP contribution in [0.5, 0.6) is 0 Å². The van der Waals surface area contributed by atoms with Gasteiger partial charge in [0.2, 0.25) is 0 Å². The summed E-state index contributed by atoms with van der Waals surface area (Å²) in [5.41, 5.74) is 3.62. The van der Waals surface area contributed by atoms with E-state index in [-0.39, 0.29) is 5.54 Å². The van der Waals surface area contributed by atoms with Gasteiger partial charge >= 0.3 is 0 Å². The molecule has 3 rings (SSSR count). The Hall–Kier alpha value is -1.10. The van der Waals surface area contributed by atoms with E-state index in [2.05, 4.69) is 28.5 Å². The molecule has 0 unspecified atom stereocenters. The van der Waals surface area contributed by atoms with Crippen LogP contribution in [-0.2, 0) is 19.0 Å². The van der Waals surface area contributed by atoms with Crippen LogP contribution < -0.4 is 0 Å². The number of nitrogens with one attached hydrogen (secondary N) is 1. The van der Waals surface area contributed by atoms with Gasteiger partial charge in [-0.25, -0.2) is 0 Å². The quantitative estimate of drug-likeness (QED) is 0.864. The fourth-order valence-corrected chi connectivity index (χ4v) is 3.45. The molecule has 1 saturated carbocycles. The molecule has 0 aromatic carbocycles. The standard InChI is InChI=1S/C13H20N4S/c1-4-6-9-10-11(16(3)15-9)17(12(18)14-10)13(2)7-5-8-13/h4-8H2,1-3H3,(H,14,18). The maximum atomic E-state index is 5.52. The van der Waals surface area contributed by atoms with Gasteiger partial charge in [-0.05, 0) is 44.8 Å². The van der Waals surface area contributed by atoms with Gasteiger partial charge in [0.25, 0.3) is 0 Å². The molecule has 18 heavy (non-hydrogen) atoms. The van der Waals surface area contributed by atoms with Crippen LogP contribution in [0.2, 0.25) is 0 Å². The number of imidazole rings is 1. The Bertz CT molecular complexity index is 642. The van der Waals surface area contributed by atoms with Gasteiger partial charge in [0.15, 0.2) is 10.4 Å². The lowest BCUT2D eigenvalue weighted by molar-refractivity contribution is 0.170. The molecule has 0 bridgehead atoms. The number of fused-ring (bicyclic) bond motifs is 1. The second-order valence-corrected chi connectivity index (χ2v) is 6.02. The molecule has 0 amide bonds. The Morgan fingerprint density at radius 3 is 2.72 bits per heavy atom. The van der Waals surface area contributed by atoms with E-state index >= 15 is 0 Å². The minimum atomic E-state index is 0.187. The first-order chi connectivity index (χ1) is 8.57. The predicted octanol–water partition coefficient (Wildman–Crippen LogP) is 3.28. The van der Waals surface area contributed by atoms with Crippen molar-refractivity contribution in [1.82, 2.24) is 19.3 Å². The molecular formula is C13H20N4S. The van der Waals surface area contributed by atoms with Gasteiger partial charge in [-0.1, -0.05) is 13.3 Å². The van der Waals surface area contributed by atoms with Crippen LogP contribution in [0.15, 0.2) is 0 Å². The van der Waals surface area contributed by atoms with Crippen LogP contribution in [0, 0.1) is 4.77 Å². The van der Waals surface area contributed by atoms with E-state index in [1.807, 2.05) is 11.7 Å². The van der Waals surface area contributed by atoms with Crippen LogP contribution in [0.3, 0.4) is 0 Å². The van der Waals surface area contributed by atoms with Crippen molar-refractivity contribution in [3.8, 4) is 0 Å². The summed E-state index contributed by atoms with van der Waals surface area (Å²) in [5, 5.41) is 4.63. The average Bonchev–Trinajstić information content (AvgIpc) is 2.75. The second-order valence-electron chi connectivity index (χ2n) is 5.63. The van der Waals surface area contributed by atoms with Crippen molar-refractivity contribution in [2.24, 2.45) is 7.05 Å². The first kappa shape index (κ1) is 12.0. The molecule has 0 atom stereocenters. The van der Waals surface area contributed by atoms with E-state index < -0.39 is 0 Å². The molecule has 0 saturated heterocycles. The number of hydrogen-bond acceptors (Lipinski definition) is 2. The lowest BCUT2D eigenvalue weighted by Crippen LogP contribution is -2.37. The zero-order valence-corrected chi connectivity index (χ0v) is 12.1. The van der Waals surface area contributed by atoms with E-state index in [9.17, 15) is 0 Å². The molecule has 98 valence electrons. The SMILES string of the molecule is CCCc1nn(C)c2c1[nH]c(=S)n2C1(C)CCC1. The maximum absolute atomic E-state index is 5.52. The topological polar surface area (TPSA) is 38.5 Å². The molecule has 5 heteroatoms. The number of rotatable bonds is 3. The third kappa shape index (κ3) is 1.49. The van der Waals surface area contributed by atoms with Crippen molar-refractivity contribution in [2.75, 3.05) is 0 Å². The zero-order valence-electron chi connectivity index (χ0n) is 11.3. The number of aromatic amines is 1. The molecule has 0 aliphatic heterocycles. The van der Waals surface area contributed by atoms with E-state index in [4.69, 9.17) is 12.2 Å². The number of aromatic nitrogens is 4. The number of aryl methyl sites for hydroxylation is 2. The fraction of sp³-hybridized carbons (Fsp3) is 0.692. The van der Waals surface area contributed by atoms with Gasteiger partial charge in [0.05, 0.1) is 5.69 Å². The lowest BCUT2D eigenvalue weighted by atomic mass is 9.78. The van der Waals surface area contributed by atoms with Crippen molar-refractivity contribution < 1.29 is 0 Å². The van der Waals surface area contributed by atoms with Crippen molar-refractivity contribution in [3.63, 3.8) is 0 Å². The molecule has 1 aliphatic carbocycles. The van der Waals surface area contributed by atoms with Crippen molar-refractivity contribution >= 4 is 23.4 Å². The van der Waals surface area contributed by atoms with Crippen molar-refractivity contribution in [2.45, 2.75) is 51.5 Å². The summed E-state index contributed by atoms with van der Waals surface area (Å²) in [6, 6.07) is 0. The molecule has 4 nitrogen and oxygen atoms in total. The van der Waals surface area contributed by atoms with E-state index in [1.165, 1.54) is 19.3 Å². The summed E-state index contributed by atoms with van der Waals surface area (Å²) in [7, 11) is 2.02. The first-order valence-electron chi connectivity index (χ1n) is 6.74. The van der Waals surface area contributed by atoms with Crippen LogP contribution in [0.1, 0.15) is 45.2 Å². The Balaban J connectivity index is 2.26. The smallest absolute Gasteiger partial charge is 0.179 e. The highest BCUT2D eigenvalue weighted by atomic mass is 32.1. The van der Waals surface area contributed by atoms with E-state index in [0.29, 0.717) is 0 Å². The Morgan fingerprint density at radius 2 is 2.17 bits per heavy atom. The number of nitrogens with zero attached hydrogens (tertiary/aromatic N) is 3. The highest BCUT2D eigenvalue weighted by Crippen LogP contribution is 2.41. The summed E-state index contributed by atoms with van der Waals surface area (Å²) >= 11 is 5.52. The van der Waals surface area contributed by atoms with Gasteiger partial charge in [-0.15, -0.1) is 0 Å². The molecule has 1 fully saturated rings. The highest BCUT2D eigenvalue weighted by Gasteiger charge is 2.36. The predicted molar refractivity (Wildman–Crippen MR) is 75.4 cm³/mol. The van der Waals surface area contributed by atoms with Crippen LogP contribution in [-0.4, -0.2) is 19.3 Å². The summed E-state index contributed by atoms with van der Waals surface area (Å²) in [5.74, 6) is 0. The van der Waals surface area contributed by atoms with E-state index in [0.717, 1.165) is 34.5 Å². The molecule has 2 heterocycles. The van der Waals surface area contributed by atoms with Crippen LogP contribution >= 0.6 is 12.2 Å². The van der Waals surface area contributed by atoms with Crippen molar-refractivity contribution in [3.05, 3.63) is 10.5 Å². The molecule has 2 aromatic rings. The lowest BCUT2D eigenvalue weighted by Gasteiger charge is -2.39. The Labute approximate surface area is 112 Å². The monoisotopic (exact) mass is 264 g/mol. The molecule has 1 aliphatic rings. The van der Waals surface area contributed by atoms with Gasteiger partial charge in [-0.2, -0.15) is 5.10 Å². The van der Waals surface area contributed by atoms with Gasteiger partial charge in [0, 0.05) is 12.6 Å². The minimum absolute atomic E-state index is 0.187. The van der Waals surface area contributed by atoms with Gasteiger partial charge < -0.3 is 4.98 Å². The summed E-state index contributed by atoms with van der Waals surface area (Å²) in [6.45, 7) is 4.48. The normalized spacial score (nSPS) is 18.2. The molecule has 0 radical (unpaired) electrons.